The highest BCUT2D eigenvalue weighted by Crippen LogP contribution is 2.41. The number of nitrogens with one attached hydrogen (secondary N) is 1. The van der Waals surface area contributed by atoms with E-state index in [4.69, 9.17) is 4.74 Å². The van der Waals surface area contributed by atoms with E-state index in [1.54, 1.807) is 38.1 Å². The second-order valence-corrected chi connectivity index (χ2v) is 8.93. The van der Waals surface area contributed by atoms with Crippen LogP contribution in [0.25, 0.3) is 10.8 Å². The molecule has 0 spiro atoms. The Hall–Kier alpha value is -2.28. The summed E-state index contributed by atoms with van der Waals surface area (Å²) in [5.74, 6) is 0.315. The maximum atomic E-state index is 13.9. The molecule has 1 aliphatic heterocycles. The molecule has 1 amide bonds. The van der Waals surface area contributed by atoms with Crippen molar-refractivity contribution in [2.45, 2.75) is 65.1 Å². The minimum absolute atomic E-state index is 0.0148. The van der Waals surface area contributed by atoms with Crippen molar-refractivity contribution in [3.05, 3.63) is 42.0 Å². The molecular weight excluding hydrogens is 405 g/mol. The quantitative estimate of drug-likeness (QED) is 0.478. The van der Waals surface area contributed by atoms with Crippen molar-refractivity contribution in [1.82, 2.24) is 10.4 Å². The number of amides is 1. The Kier molecular flexibility index (Phi) is 7.14. The van der Waals surface area contributed by atoms with Gasteiger partial charge in [0.15, 0.2) is 0 Å². The lowest BCUT2D eigenvalue weighted by Gasteiger charge is -2.30. The van der Waals surface area contributed by atoms with E-state index >= 15 is 0 Å². The van der Waals surface area contributed by atoms with Crippen LogP contribution in [-0.2, 0) is 4.79 Å². The van der Waals surface area contributed by atoms with Crippen molar-refractivity contribution in [2.24, 2.45) is 5.41 Å². The fourth-order valence-electron chi connectivity index (χ4n) is 3.92. The summed E-state index contributed by atoms with van der Waals surface area (Å²) in [5, 5.41) is 2.52. The fourth-order valence-corrected chi connectivity index (χ4v) is 3.92. The van der Waals surface area contributed by atoms with Crippen LogP contribution in [0.2, 0.25) is 0 Å². The third-order valence-electron chi connectivity index (χ3n) is 5.72. The van der Waals surface area contributed by atoms with Gasteiger partial charge in [-0.1, -0.05) is 50.8 Å². The Bertz CT molecular complexity index is 911. The van der Waals surface area contributed by atoms with E-state index in [0.717, 1.165) is 29.0 Å². The predicted octanol–water partition coefficient (Wildman–Crippen LogP) is 6.17. The summed E-state index contributed by atoms with van der Waals surface area (Å²) in [6.45, 7) is 6.08. The van der Waals surface area contributed by atoms with Crippen LogP contribution in [0, 0.1) is 5.41 Å². The van der Waals surface area contributed by atoms with Crippen molar-refractivity contribution in [2.75, 3.05) is 13.2 Å². The molecule has 0 aromatic heterocycles. The Labute approximate surface area is 181 Å². The zero-order valence-electron chi connectivity index (χ0n) is 18.4. The van der Waals surface area contributed by atoms with Crippen LogP contribution >= 0.6 is 0 Å². The van der Waals surface area contributed by atoms with Gasteiger partial charge >= 0.3 is 6.18 Å². The lowest BCUT2D eigenvalue weighted by molar-refractivity contribution is -0.191. The highest BCUT2D eigenvalue weighted by atomic mass is 19.4. The first kappa shape index (κ1) is 23.4. The maximum absolute atomic E-state index is 13.9. The van der Waals surface area contributed by atoms with Crippen LogP contribution in [-0.4, -0.2) is 30.2 Å². The molecule has 0 bridgehead atoms. The molecule has 1 N–H and O–H groups in total. The first-order valence-electron chi connectivity index (χ1n) is 10.9. The second-order valence-electron chi connectivity index (χ2n) is 8.93. The molecule has 0 aliphatic carbocycles. The molecule has 3 rings (SSSR count). The van der Waals surface area contributed by atoms with Crippen LogP contribution in [0.5, 0.6) is 5.75 Å². The van der Waals surface area contributed by atoms with E-state index in [9.17, 15) is 18.0 Å². The second kappa shape index (κ2) is 9.47. The van der Waals surface area contributed by atoms with Gasteiger partial charge in [-0.15, -0.1) is 0 Å². The molecule has 1 atom stereocenters. The number of hydrogen-bond donors (Lipinski definition) is 1. The number of benzene rings is 2. The molecule has 31 heavy (non-hydrogen) atoms. The molecule has 1 saturated heterocycles. The lowest BCUT2D eigenvalue weighted by Crippen LogP contribution is -2.43. The molecule has 4 nitrogen and oxygen atoms in total. The molecular formula is C24H31F3N2O2. The van der Waals surface area contributed by atoms with Gasteiger partial charge in [-0.25, -0.2) is 5.01 Å². The van der Waals surface area contributed by atoms with Crippen molar-refractivity contribution < 1.29 is 22.7 Å². The number of alkyl halides is 3. The summed E-state index contributed by atoms with van der Waals surface area (Å²) in [6, 6.07) is 8.23. The Morgan fingerprint density at radius 1 is 1.06 bits per heavy atom. The van der Waals surface area contributed by atoms with Crippen molar-refractivity contribution in [3.8, 4) is 5.75 Å². The Morgan fingerprint density at radius 2 is 1.74 bits per heavy atom. The smallest absolute Gasteiger partial charge is 0.409 e. The van der Waals surface area contributed by atoms with E-state index < -0.39 is 23.5 Å². The number of carbonyl (C=O) groups is 1. The molecule has 170 valence electrons. The molecule has 1 aliphatic rings. The van der Waals surface area contributed by atoms with Gasteiger partial charge in [0.25, 0.3) is 0 Å². The molecule has 2 aromatic rings. The number of rotatable bonds is 9. The first-order valence-corrected chi connectivity index (χ1v) is 10.9. The van der Waals surface area contributed by atoms with Crippen LogP contribution in [0.1, 0.15) is 64.5 Å². The molecule has 1 fully saturated rings. The summed E-state index contributed by atoms with van der Waals surface area (Å²) < 4.78 is 47.6. The van der Waals surface area contributed by atoms with Crippen LogP contribution < -0.4 is 10.2 Å². The van der Waals surface area contributed by atoms with E-state index in [1.807, 2.05) is 6.07 Å². The van der Waals surface area contributed by atoms with Gasteiger partial charge in [-0.2, -0.15) is 13.2 Å². The van der Waals surface area contributed by atoms with Gasteiger partial charge in [0.1, 0.15) is 11.8 Å². The summed E-state index contributed by atoms with van der Waals surface area (Å²) in [6.07, 6.45) is 1.23. The maximum Gasteiger partial charge on any atom is 0.409 e. The molecule has 7 heteroatoms. The van der Waals surface area contributed by atoms with Crippen LogP contribution in [0.3, 0.4) is 0 Å². The number of hydrazine groups is 1. The fraction of sp³-hybridized carbons (Fsp3) is 0.542. The summed E-state index contributed by atoms with van der Waals surface area (Å²) in [7, 11) is 0. The molecule has 1 heterocycles. The van der Waals surface area contributed by atoms with Gasteiger partial charge in [-0.3, -0.25) is 10.2 Å². The Balaban J connectivity index is 1.75. The van der Waals surface area contributed by atoms with E-state index in [0.29, 0.717) is 12.0 Å². The minimum Gasteiger partial charge on any atom is -0.494 e. The third kappa shape index (κ3) is 5.70. The number of ether oxygens (including phenoxy) is 1. The molecule has 0 radical (unpaired) electrons. The number of fused-ring (bicyclic) bond motifs is 1. The number of hydrogen-bond acceptors (Lipinski definition) is 3. The largest absolute Gasteiger partial charge is 0.494 e. The van der Waals surface area contributed by atoms with Gasteiger partial charge in [0.05, 0.1) is 12.0 Å². The number of carbonyl (C=O) groups excluding carboxylic acids is 1. The predicted molar refractivity (Wildman–Crippen MR) is 116 cm³/mol. The average molecular weight is 437 g/mol. The Morgan fingerprint density at radius 3 is 2.39 bits per heavy atom. The van der Waals surface area contributed by atoms with Crippen LogP contribution in [0.15, 0.2) is 36.4 Å². The number of halogens is 3. The monoisotopic (exact) mass is 436 g/mol. The summed E-state index contributed by atoms with van der Waals surface area (Å²) in [5.41, 5.74) is 1.63. The molecule has 2 aromatic carbocycles. The van der Waals surface area contributed by atoms with Crippen LogP contribution in [0.4, 0.5) is 13.2 Å². The van der Waals surface area contributed by atoms with Gasteiger partial charge in [-0.05, 0) is 54.8 Å². The number of unbranched alkanes of at least 4 members (excludes halogenated alkanes) is 4. The summed E-state index contributed by atoms with van der Waals surface area (Å²) >= 11 is 0. The SMILES string of the molecule is CCCCCCCOc1ccc2cc([C@H](N3CC(C)(C)C(=O)N3)C(F)(F)F)ccc2c1. The standard InChI is InChI=1S/C24H31F3N2O2/c1-4-5-6-7-8-13-31-20-12-11-17-14-19(10-9-18(17)15-20)21(24(25,26)27)29-16-23(2,3)22(30)28-29/h9-12,14-15,21H,4-8,13,16H2,1-3H3,(H,28,30)/t21-/m0/s1. The van der Waals surface area contributed by atoms with Crippen molar-refractivity contribution in [1.29, 1.82) is 0 Å². The summed E-state index contributed by atoms with van der Waals surface area (Å²) in [4.78, 5) is 12.0. The zero-order valence-corrected chi connectivity index (χ0v) is 18.4. The zero-order chi connectivity index (χ0) is 22.6. The number of nitrogens with zero attached hydrogens (tertiary/aromatic N) is 1. The topological polar surface area (TPSA) is 41.6 Å². The van der Waals surface area contributed by atoms with Gasteiger partial charge < -0.3 is 4.74 Å². The minimum atomic E-state index is -4.53. The van der Waals surface area contributed by atoms with Gasteiger partial charge in [0, 0.05) is 6.54 Å². The average Bonchev–Trinajstić information content (AvgIpc) is 2.95. The van der Waals surface area contributed by atoms with Gasteiger partial charge in [0.2, 0.25) is 5.91 Å². The van der Waals surface area contributed by atoms with E-state index in [2.05, 4.69) is 12.3 Å². The van der Waals surface area contributed by atoms with E-state index in [1.165, 1.54) is 25.3 Å². The highest BCUT2D eigenvalue weighted by Gasteiger charge is 2.51. The normalized spacial score (nSPS) is 17.7. The van der Waals surface area contributed by atoms with Crippen molar-refractivity contribution >= 4 is 16.7 Å². The van der Waals surface area contributed by atoms with Crippen molar-refractivity contribution in [3.63, 3.8) is 0 Å². The third-order valence-corrected chi connectivity index (χ3v) is 5.72. The lowest BCUT2D eigenvalue weighted by atomic mass is 9.93. The first-order chi connectivity index (χ1) is 14.6. The highest BCUT2D eigenvalue weighted by molar-refractivity contribution is 5.85. The molecule has 0 saturated carbocycles. The molecule has 0 unspecified atom stereocenters. The van der Waals surface area contributed by atoms with E-state index in [-0.39, 0.29) is 12.1 Å².